The van der Waals surface area contributed by atoms with Crippen LogP contribution in [0, 0.1) is 33.6 Å². The molecule has 0 radical (unpaired) electrons. The van der Waals surface area contributed by atoms with Gasteiger partial charge in [0.05, 0.1) is 5.92 Å². The number of hydrogen-bond donors (Lipinski definition) is 1. The molecular weight excluding hydrogens is 320 g/mol. The lowest BCUT2D eigenvalue weighted by molar-refractivity contribution is -0.121. The van der Waals surface area contributed by atoms with Crippen molar-refractivity contribution in [2.75, 3.05) is 18.4 Å². The molecule has 1 N–H and O–H groups in total. The molecule has 3 nitrogen and oxygen atoms in total. The highest BCUT2D eigenvalue weighted by Gasteiger charge is 2.26. The Morgan fingerprint density at radius 1 is 1.08 bits per heavy atom. The molecule has 1 heterocycles. The number of benzene rings is 2. The number of anilines is 1. The smallest absolute Gasteiger partial charge is 0.228 e. The van der Waals surface area contributed by atoms with Gasteiger partial charge in [0.15, 0.2) is 0 Å². The predicted octanol–water partition coefficient (Wildman–Crippen LogP) is 4.77. The van der Waals surface area contributed by atoms with Gasteiger partial charge in [-0.15, -0.1) is 0 Å². The molecule has 2 aromatic carbocycles. The number of carbonyl (C=O) groups is 1. The van der Waals surface area contributed by atoms with Crippen molar-refractivity contribution in [2.24, 2.45) is 5.92 Å². The molecule has 26 heavy (non-hydrogen) atoms. The number of amides is 1. The number of nitrogens with zero attached hydrogens (tertiary/aromatic N) is 1. The average molecular weight is 351 g/mol. The first kappa shape index (κ1) is 18.7. The van der Waals surface area contributed by atoms with Crippen LogP contribution >= 0.6 is 0 Å². The Morgan fingerprint density at radius 3 is 2.50 bits per heavy atom. The minimum atomic E-state index is 0.0636. The lowest BCUT2D eigenvalue weighted by atomic mass is 9.96. The highest BCUT2D eigenvalue weighted by molar-refractivity contribution is 5.94. The number of aryl methyl sites for hydroxylation is 4. The third kappa shape index (κ3) is 4.53. The zero-order valence-corrected chi connectivity index (χ0v) is 16.4. The van der Waals surface area contributed by atoms with Gasteiger partial charge < -0.3 is 5.32 Å². The lowest BCUT2D eigenvalue weighted by Crippen LogP contribution is -2.40. The third-order valence-corrected chi connectivity index (χ3v) is 5.29. The van der Waals surface area contributed by atoms with Crippen molar-refractivity contribution in [3.05, 3.63) is 64.2 Å². The van der Waals surface area contributed by atoms with Gasteiger partial charge in [0.2, 0.25) is 5.91 Å². The molecule has 2 aromatic rings. The van der Waals surface area contributed by atoms with Crippen molar-refractivity contribution in [3.8, 4) is 0 Å². The first-order valence-corrected chi connectivity index (χ1v) is 9.59. The molecule has 1 unspecified atom stereocenters. The second-order valence-electron chi connectivity index (χ2n) is 7.83. The summed E-state index contributed by atoms with van der Waals surface area (Å²) in [5, 5.41) is 3.20. The first-order valence-electron chi connectivity index (χ1n) is 9.59. The Kier molecular flexibility index (Phi) is 5.77. The molecular formula is C23H30N2O. The van der Waals surface area contributed by atoms with E-state index in [1.807, 2.05) is 0 Å². The van der Waals surface area contributed by atoms with E-state index in [4.69, 9.17) is 0 Å². The van der Waals surface area contributed by atoms with Crippen LogP contribution in [0.15, 0.2) is 36.4 Å². The maximum Gasteiger partial charge on any atom is 0.228 e. The minimum absolute atomic E-state index is 0.0636. The molecule has 1 amide bonds. The number of carbonyl (C=O) groups excluding carboxylic acids is 1. The topological polar surface area (TPSA) is 32.3 Å². The highest BCUT2D eigenvalue weighted by atomic mass is 16.1. The van der Waals surface area contributed by atoms with Gasteiger partial charge in [0, 0.05) is 18.8 Å². The Labute approximate surface area is 157 Å². The lowest BCUT2D eigenvalue weighted by Gasteiger charge is -2.32. The summed E-state index contributed by atoms with van der Waals surface area (Å²) in [4.78, 5) is 15.3. The summed E-state index contributed by atoms with van der Waals surface area (Å²) in [6.07, 6.45) is 2.05. The minimum Gasteiger partial charge on any atom is -0.325 e. The summed E-state index contributed by atoms with van der Waals surface area (Å²) in [6, 6.07) is 12.9. The van der Waals surface area contributed by atoms with Crippen LogP contribution in [-0.4, -0.2) is 23.9 Å². The van der Waals surface area contributed by atoms with E-state index in [9.17, 15) is 4.79 Å². The van der Waals surface area contributed by atoms with Crippen LogP contribution in [0.25, 0.3) is 0 Å². The molecule has 1 fully saturated rings. The van der Waals surface area contributed by atoms with E-state index in [1.54, 1.807) is 0 Å². The summed E-state index contributed by atoms with van der Waals surface area (Å²) < 4.78 is 0. The van der Waals surface area contributed by atoms with Crippen LogP contribution in [0.5, 0.6) is 0 Å². The molecule has 0 saturated carbocycles. The second kappa shape index (κ2) is 8.05. The van der Waals surface area contributed by atoms with Crippen molar-refractivity contribution in [3.63, 3.8) is 0 Å². The standard InChI is InChI=1S/C23H30N2O/c1-16-7-5-8-20(13-16)14-25-10-6-9-21(15-25)23(26)24-22-18(3)11-17(2)12-19(22)4/h5,7-8,11-13,21H,6,9-10,14-15H2,1-4H3,(H,24,26). The van der Waals surface area contributed by atoms with Crippen LogP contribution in [0.4, 0.5) is 5.69 Å². The number of likely N-dealkylation sites (tertiary alicyclic amines) is 1. The Bertz CT molecular complexity index is 774. The molecule has 1 atom stereocenters. The zero-order valence-electron chi connectivity index (χ0n) is 16.4. The van der Waals surface area contributed by atoms with Crippen LogP contribution in [0.1, 0.15) is 40.7 Å². The van der Waals surface area contributed by atoms with Crippen molar-refractivity contribution < 1.29 is 4.79 Å². The summed E-state index contributed by atoms with van der Waals surface area (Å²) in [6.45, 7) is 11.2. The van der Waals surface area contributed by atoms with Gasteiger partial charge in [-0.1, -0.05) is 47.5 Å². The van der Waals surface area contributed by atoms with Crippen LogP contribution < -0.4 is 5.32 Å². The largest absolute Gasteiger partial charge is 0.325 e. The number of nitrogens with one attached hydrogen (secondary N) is 1. The number of rotatable bonds is 4. The molecule has 3 heteroatoms. The van der Waals surface area contributed by atoms with E-state index in [0.717, 1.165) is 49.3 Å². The van der Waals surface area contributed by atoms with E-state index in [2.05, 4.69) is 74.3 Å². The fraction of sp³-hybridized carbons (Fsp3) is 0.435. The Morgan fingerprint density at radius 2 is 1.81 bits per heavy atom. The van der Waals surface area contributed by atoms with E-state index >= 15 is 0 Å². The van der Waals surface area contributed by atoms with E-state index in [1.165, 1.54) is 16.7 Å². The molecule has 1 saturated heterocycles. The maximum absolute atomic E-state index is 12.9. The van der Waals surface area contributed by atoms with Gasteiger partial charge in [-0.25, -0.2) is 0 Å². The average Bonchev–Trinajstić information content (AvgIpc) is 2.58. The van der Waals surface area contributed by atoms with Crippen molar-refractivity contribution in [2.45, 2.75) is 47.1 Å². The van der Waals surface area contributed by atoms with Gasteiger partial charge >= 0.3 is 0 Å². The maximum atomic E-state index is 12.9. The molecule has 0 bridgehead atoms. The highest BCUT2D eigenvalue weighted by Crippen LogP contribution is 2.25. The van der Waals surface area contributed by atoms with E-state index in [-0.39, 0.29) is 11.8 Å². The monoisotopic (exact) mass is 350 g/mol. The van der Waals surface area contributed by atoms with Crippen LogP contribution in [-0.2, 0) is 11.3 Å². The van der Waals surface area contributed by atoms with Gasteiger partial charge in [-0.3, -0.25) is 9.69 Å². The SMILES string of the molecule is Cc1cccc(CN2CCCC(C(=O)Nc3c(C)cc(C)cc3C)C2)c1. The van der Waals surface area contributed by atoms with E-state index < -0.39 is 0 Å². The van der Waals surface area contributed by atoms with Crippen LogP contribution in [0.3, 0.4) is 0 Å². The Balaban J connectivity index is 1.65. The normalized spacial score (nSPS) is 17.9. The number of hydrogen-bond acceptors (Lipinski definition) is 2. The molecule has 0 aliphatic carbocycles. The van der Waals surface area contributed by atoms with Crippen molar-refractivity contribution >= 4 is 11.6 Å². The molecule has 3 rings (SSSR count). The van der Waals surface area contributed by atoms with Crippen molar-refractivity contribution in [1.29, 1.82) is 0 Å². The summed E-state index contributed by atoms with van der Waals surface area (Å²) >= 11 is 0. The summed E-state index contributed by atoms with van der Waals surface area (Å²) in [7, 11) is 0. The van der Waals surface area contributed by atoms with Crippen molar-refractivity contribution in [1.82, 2.24) is 4.90 Å². The van der Waals surface area contributed by atoms with Gasteiger partial charge in [0.25, 0.3) is 0 Å². The number of piperidine rings is 1. The molecule has 0 spiro atoms. The van der Waals surface area contributed by atoms with Gasteiger partial charge in [0.1, 0.15) is 0 Å². The predicted molar refractivity (Wildman–Crippen MR) is 108 cm³/mol. The van der Waals surface area contributed by atoms with Gasteiger partial charge in [-0.05, 0) is 63.8 Å². The molecule has 0 aromatic heterocycles. The fourth-order valence-electron chi connectivity index (χ4n) is 4.08. The molecule has 1 aliphatic heterocycles. The van der Waals surface area contributed by atoms with Gasteiger partial charge in [-0.2, -0.15) is 0 Å². The Hall–Kier alpha value is -2.13. The zero-order chi connectivity index (χ0) is 18.7. The first-order chi connectivity index (χ1) is 12.4. The quantitative estimate of drug-likeness (QED) is 0.861. The van der Waals surface area contributed by atoms with Crippen LogP contribution in [0.2, 0.25) is 0 Å². The summed E-state index contributed by atoms with van der Waals surface area (Å²) in [5.74, 6) is 0.225. The summed E-state index contributed by atoms with van der Waals surface area (Å²) in [5.41, 5.74) is 7.12. The fourth-order valence-corrected chi connectivity index (χ4v) is 4.08. The molecule has 1 aliphatic rings. The third-order valence-electron chi connectivity index (χ3n) is 5.29. The van der Waals surface area contributed by atoms with E-state index in [0.29, 0.717) is 0 Å². The second-order valence-corrected chi connectivity index (χ2v) is 7.83. The molecule has 138 valence electrons.